The predicted octanol–water partition coefficient (Wildman–Crippen LogP) is 11.8. The molecule has 0 bridgehead atoms. The van der Waals surface area contributed by atoms with Gasteiger partial charge in [-0.1, -0.05) is 164 Å². The monoisotopic (exact) mass is 832 g/mol. The van der Waals surface area contributed by atoms with E-state index >= 15 is 0 Å². The fourth-order valence-electron chi connectivity index (χ4n) is 10.8. The molecule has 0 saturated heterocycles. The molecule has 0 unspecified atom stereocenters. The Labute approximate surface area is 371 Å². The molecule has 0 radical (unpaired) electrons. The van der Waals surface area contributed by atoms with E-state index in [1.165, 1.54) is 64.2 Å². The van der Waals surface area contributed by atoms with Gasteiger partial charge in [-0.15, -0.1) is 0 Å². The summed E-state index contributed by atoms with van der Waals surface area (Å²) in [6, 6.07) is 87.2. The molecule has 0 spiro atoms. The Morgan fingerprint density at radius 3 is 1.44 bits per heavy atom. The highest BCUT2D eigenvalue weighted by molar-refractivity contribution is 7.19. The number of fused-ring (bicyclic) bond motifs is 9. The number of para-hydroxylation sites is 3. The molecule has 13 rings (SSSR count). The Balaban J connectivity index is 1.04. The Morgan fingerprint density at radius 1 is 0.297 bits per heavy atom. The maximum atomic E-state index is 4.96. The average molecular weight is 833 g/mol. The van der Waals surface area contributed by atoms with Gasteiger partial charge in [-0.05, 0) is 93.5 Å². The summed E-state index contributed by atoms with van der Waals surface area (Å²) < 4.78 is 7.26. The highest BCUT2D eigenvalue weighted by Gasteiger charge is 2.41. The lowest BCUT2D eigenvalue weighted by atomic mass is 10.1. The van der Waals surface area contributed by atoms with E-state index < -0.39 is 8.07 Å². The van der Waals surface area contributed by atoms with Crippen molar-refractivity contribution in [2.75, 3.05) is 0 Å². The van der Waals surface area contributed by atoms with E-state index in [1.54, 1.807) is 0 Å². The molecule has 4 heterocycles. The number of hydrogen-bond acceptors (Lipinski definition) is 1. The van der Waals surface area contributed by atoms with Crippen molar-refractivity contribution in [3.8, 4) is 17.1 Å². The molecule has 13 aromatic rings. The number of rotatable bonds is 7. The number of pyridine rings is 1. The summed E-state index contributed by atoms with van der Waals surface area (Å²) in [6.45, 7) is 0. The van der Waals surface area contributed by atoms with Crippen molar-refractivity contribution in [2.24, 2.45) is 0 Å². The number of benzene rings is 9. The fourth-order valence-corrected chi connectivity index (χ4v) is 15.6. The van der Waals surface area contributed by atoms with E-state index in [2.05, 4.69) is 244 Å². The Bertz CT molecular complexity index is 3750. The van der Waals surface area contributed by atoms with E-state index in [0.717, 1.165) is 39.1 Å². The maximum Gasteiger partial charge on any atom is 0.179 e. The van der Waals surface area contributed by atoms with Gasteiger partial charge in [0, 0.05) is 49.9 Å². The van der Waals surface area contributed by atoms with Crippen molar-refractivity contribution in [1.82, 2.24) is 18.7 Å². The van der Waals surface area contributed by atoms with E-state index in [1.807, 2.05) is 12.3 Å². The van der Waals surface area contributed by atoms with E-state index in [-0.39, 0.29) is 0 Å². The molecule has 0 saturated carbocycles. The molecule has 0 amide bonds. The third-order valence-corrected chi connectivity index (χ3v) is 18.2. The number of nitrogens with zero attached hydrogens (tertiary/aromatic N) is 4. The molecule has 0 fully saturated rings. The number of aromatic nitrogens is 4. The summed E-state index contributed by atoms with van der Waals surface area (Å²) in [4.78, 5) is 4.96. The van der Waals surface area contributed by atoms with E-state index in [9.17, 15) is 0 Å². The van der Waals surface area contributed by atoms with Crippen molar-refractivity contribution in [3.63, 3.8) is 0 Å². The quantitative estimate of drug-likeness (QED) is 0.116. The van der Waals surface area contributed by atoms with Crippen LogP contribution >= 0.6 is 0 Å². The normalized spacial score (nSPS) is 12.1. The van der Waals surface area contributed by atoms with Gasteiger partial charge in [0.05, 0.1) is 33.3 Å². The van der Waals surface area contributed by atoms with Crippen LogP contribution in [0.5, 0.6) is 0 Å². The summed E-state index contributed by atoms with van der Waals surface area (Å²) >= 11 is 0. The van der Waals surface area contributed by atoms with Crippen molar-refractivity contribution < 1.29 is 0 Å². The molecule has 0 atom stereocenters. The standard InChI is InChI=1S/C59H40N4Si/c1-4-20-43(21-5-1)64(44-22-6-2-7-23-44,45-24-8-3-9-25-45)46-26-16-19-41(39-46)61-52-31-13-11-28-48(52)51-40-42(36-37-55(51)61)62-54-33-15-12-29-50(54)58-56(62)34-17-35-57(58)63-53-32-14-10-27-47(53)49-30-18-38-60-59(49)63/h1-40H. The van der Waals surface area contributed by atoms with Crippen LogP contribution in [0.25, 0.3) is 82.6 Å². The lowest BCUT2D eigenvalue weighted by Gasteiger charge is -2.34. The molecule has 9 aromatic carbocycles. The first-order valence-electron chi connectivity index (χ1n) is 22.0. The van der Waals surface area contributed by atoms with Crippen LogP contribution in [0.4, 0.5) is 0 Å². The first-order chi connectivity index (χ1) is 31.8. The molecule has 4 nitrogen and oxygen atoms in total. The lowest BCUT2D eigenvalue weighted by molar-refractivity contribution is 1.14. The molecule has 0 aliphatic carbocycles. The molecule has 0 aliphatic rings. The molecule has 5 heteroatoms. The largest absolute Gasteiger partial charge is 0.309 e. The molecule has 0 N–H and O–H groups in total. The van der Waals surface area contributed by atoms with Gasteiger partial charge in [0.25, 0.3) is 0 Å². The third-order valence-electron chi connectivity index (χ3n) is 13.4. The van der Waals surface area contributed by atoms with Crippen molar-refractivity contribution in [2.45, 2.75) is 0 Å². The molecular weight excluding hydrogens is 793 g/mol. The van der Waals surface area contributed by atoms with Crippen molar-refractivity contribution in [3.05, 3.63) is 243 Å². The zero-order valence-corrected chi connectivity index (χ0v) is 35.9. The summed E-state index contributed by atoms with van der Waals surface area (Å²) in [6.07, 6.45) is 1.90. The first-order valence-corrected chi connectivity index (χ1v) is 24.0. The van der Waals surface area contributed by atoms with Crippen LogP contribution in [-0.4, -0.2) is 26.8 Å². The van der Waals surface area contributed by atoms with Crippen LogP contribution in [0.1, 0.15) is 0 Å². The third kappa shape index (κ3) is 5.25. The second kappa shape index (κ2) is 14.4. The zero-order chi connectivity index (χ0) is 42.2. The van der Waals surface area contributed by atoms with Gasteiger partial charge in [-0.3, -0.25) is 4.57 Å². The van der Waals surface area contributed by atoms with Gasteiger partial charge >= 0.3 is 0 Å². The van der Waals surface area contributed by atoms with E-state index in [4.69, 9.17) is 4.98 Å². The van der Waals surface area contributed by atoms with Crippen LogP contribution in [0.15, 0.2) is 243 Å². The van der Waals surface area contributed by atoms with Crippen LogP contribution in [-0.2, 0) is 0 Å². The summed E-state index contributed by atoms with van der Waals surface area (Å²) in [5.41, 5.74) is 10.2. The minimum atomic E-state index is -2.75. The SMILES string of the molecule is c1ccc([Si](c2ccccc2)(c2ccccc2)c2cccc(-n3c4ccccc4c4cc(-n5c6ccccc6c6c(-n7c8ccccc8c8cccnc87)cccc65)ccc43)c2)cc1. The summed E-state index contributed by atoms with van der Waals surface area (Å²) in [5.74, 6) is 0. The Hall–Kier alpha value is -8.25. The Kier molecular flexibility index (Phi) is 8.20. The van der Waals surface area contributed by atoms with Gasteiger partial charge in [-0.2, -0.15) is 0 Å². The Morgan fingerprint density at radius 2 is 0.766 bits per heavy atom. The minimum absolute atomic E-state index is 0.961. The van der Waals surface area contributed by atoms with Gasteiger partial charge in [0.15, 0.2) is 8.07 Å². The van der Waals surface area contributed by atoms with Gasteiger partial charge in [0.2, 0.25) is 0 Å². The topological polar surface area (TPSA) is 27.7 Å². The zero-order valence-electron chi connectivity index (χ0n) is 34.9. The molecular formula is C59H40N4Si. The summed E-state index contributed by atoms with van der Waals surface area (Å²) in [5, 5.41) is 12.6. The second-order valence-electron chi connectivity index (χ2n) is 16.7. The highest BCUT2D eigenvalue weighted by atomic mass is 28.3. The van der Waals surface area contributed by atoms with Crippen LogP contribution < -0.4 is 20.7 Å². The van der Waals surface area contributed by atoms with Crippen LogP contribution in [0.2, 0.25) is 0 Å². The molecule has 64 heavy (non-hydrogen) atoms. The maximum absolute atomic E-state index is 4.96. The van der Waals surface area contributed by atoms with Gasteiger partial charge < -0.3 is 9.13 Å². The van der Waals surface area contributed by atoms with E-state index in [0.29, 0.717) is 0 Å². The smallest absolute Gasteiger partial charge is 0.179 e. The molecule has 4 aromatic heterocycles. The fraction of sp³-hybridized carbons (Fsp3) is 0. The predicted molar refractivity (Wildman–Crippen MR) is 271 cm³/mol. The van der Waals surface area contributed by atoms with Gasteiger partial charge in [0.1, 0.15) is 5.65 Å². The van der Waals surface area contributed by atoms with Crippen LogP contribution in [0.3, 0.4) is 0 Å². The first kappa shape index (κ1) is 36.4. The van der Waals surface area contributed by atoms with Gasteiger partial charge in [-0.25, -0.2) is 4.98 Å². The minimum Gasteiger partial charge on any atom is -0.309 e. The molecule has 300 valence electrons. The van der Waals surface area contributed by atoms with Crippen molar-refractivity contribution in [1.29, 1.82) is 0 Å². The number of hydrogen-bond donors (Lipinski definition) is 0. The second-order valence-corrected chi connectivity index (χ2v) is 20.5. The average Bonchev–Trinajstić information content (AvgIpc) is 4.01. The van der Waals surface area contributed by atoms with Crippen LogP contribution in [0, 0.1) is 0 Å². The molecule has 0 aliphatic heterocycles. The van der Waals surface area contributed by atoms with Crippen molar-refractivity contribution >= 4 is 94.4 Å². The highest BCUT2D eigenvalue weighted by Crippen LogP contribution is 2.41. The lowest BCUT2D eigenvalue weighted by Crippen LogP contribution is -2.74. The summed E-state index contributed by atoms with van der Waals surface area (Å²) in [7, 11) is -2.75.